The largest absolute Gasteiger partial charge is 0.450 e. The molecule has 0 aromatic rings. The average Bonchev–Trinajstić information content (AvgIpc) is 3.22. The van der Waals surface area contributed by atoms with Crippen molar-refractivity contribution in [3.63, 3.8) is 0 Å². The first-order chi connectivity index (χ1) is 28.8. The van der Waals surface area contributed by atoms with E-state index in [1.54, 1.807) is 13.8 Å². The van der Waals surface area contributed by atoms with E-state index < -0.39 is 12.2 Å². The van der Waals surface area contributed by atoms with Crippen molar-refractivity contribution in [1.82, 2.24) is 31.6 Å². The zero-order valence-electron chi connectivity index (χ0n) is 33.9. The topological polar surface area (TPSA) is 176 Å². The Kier molecular flexibility index (Phi) is 35.4. The van der Waals surface area contributed by atoms with Gasteiger partial charge in [0.25, 0.3) is 0 Å². The minimum absolute atomic E-state index is 0.0682. The fourth-order valence-corrected chi connectivity index (χ4v) is 4.24. The lowest BCUT2D eigenvalue weighted by Gasteiger charge is -2.23. The number of carbonyl (C=O) groups is 5. The van der Waals surface area contributed by atoms with E-state index in [1.807, 2.05) is 0 Å². The number of amides is 5. The van der Waals surface area contributed by atoms with Crippen LogP contribution in [0.25, 0.3) is 0 Å². The Bertz CT molecular complexity index is 1900. The van der Waals surface area contributed by atoms with Gasteiger partial charge in [0, 0.05) is 93.1 Å². The SMILES string of the molecule is C#CC#CC#CC#CC#CC#CC#CC#CC#COC(=O)NCCCCCCNC(=O)N(CCCCCNOC(=O)CC)CC(=O)NCCCCCCNC(=O)OCC. The molecule has 0 radical (unpaired) electrons. The van der Waals surface area contributed by atoms with E-state index in [0.717, 1.165) is 57.8 Å². The third-order valence-corrected chi connectivity index (χ3v) is 7.06. The highest BCUT2D eigenvalue weighted by Crippen LogP contribution is 2.03. The fourth-order valence-electron chi connectivity index (χ4n) is 4.24. The molecule has 0 saturated carbocycles. The van der Waals surface area contributed by atoms with Gasteiger partial charge in [-0.05, 0) is 92.8 Å². The van der Waals surface area contributed by atoms with Gasteiger partial charge in [-0.3, -0.25) is 9.59 Å². The molecule has 0 fully saturated rings. The van der Waals surface area contributed by atoms with Crippen LogP contribution >= 0.6 is 0 Å². The van der Waals surface area contributed by atoms with E-state index in [2.05, 4.69) is 128 Å². The maximum absolute atomic E-state index is 13.0. The van der Waals surface area contributed by atoms with Gasteiger partial charge in [0.2, 0.25) is 5.91 Å². The summed E-state index contributed by atoms with van der Waals surface area (Å²) in [5.41, 5.74) is 2.63. The van der Waals surface area contributed by atoms with Crippen LogP contribution in [0.2, 0.25) is 0 Å². The molecule has 0 aliphatic rings. The van der Waals surface area contributed by atoms with Crippen LogP contribution in [0.15, 0.2) is 0 Å². The van der Waals surface area contributed by atoms with Gasteiger partial charge in [-0.1, -0.05) is 39.0 Å². The lowest BCUT2D eigenvalue weighted by molar-refractivity contribution is -0.150. The van der Waals surface area contributed by atoms with Crippen LogP contribution in [-0.4, -0.2) is 87.4 Å². The summed E-state index contributed by atoms with van der Waals surface area (Å²) < 4.78 is 9.57. The van der Waals surface area contributed by atoms with Crippen LogP contribution < -0.4 is 26.7 Å². The molecule has 0 rings (SSSR count). The number of terminal acetylenes is 1. The quantitative estimate of drug-likeness (QED) is 0.0402. The predicted octanol–water partition coefficient (Wildman–Crippen LogP) is 2.95. The van der Waals surface area contributed by atoms with Crippen molar-refractivity contribution in [2.45, 2.75) is 90.9 Å². The Hall–Kier alpha value is -7.25. The number of rotatable bonds is 25. The lowest BCUT2D eigenvalue weighted by atomic mass is 10.2. The zero-order valence-corrected chi connectivity index (χ0v) is 33.9. The molecule has 5 amide bonds. The fraction of sp³-hybridized carbons (Fsp3) is 0.489. The first-order valence-corrected chi connectivity index (χ1v) is 19.4. The number of ether oxygens (including phenoxy) is 2. The second-order valence-corrected chi connectivity index (χ2v) is 11.7. The standard InChI is InChI=1S/C45H52N6O8/c1-4-7-8-9-10-11-12-13-14-15-16-17-18-19-24-32-39-58-45(56)49-36-29-23-21-27-34-47-43(54)51(38-31-25-30-37-50-59-42(53)5-2)40-41(52)46-33-26-20-22-28-35-48-44(55)57-6-3/h1,50H,5-6,20-23,25-31,33-38,40H2,2-3H3,(H,46,52)(H,47,54)(H,48,55)(H,49,56). The van der Waals surface area contributed by atoms with Gasteiger partial charge in [0.1, 0.15) is 12.7 Å². The van der Waals surface area contributed by atoms with E-state index >= 15 is 0 Å². The summed E-state index contributed by atoms with van der Waals surface area (Å²) in [5, 5.41) is 11.1. The first kappa shape index (κ1) is 51.8. The van der Waals surface area contributed by atoms with E-state index in [-0.39, 0.29) is 30.9 Å². The van der Waals surface area contributed by atoms with Crippen molar-refractivity contribution < 1.29 is 38.3 Å². The summed E-state index contributed by atoms with van der Waals surface area (Å²) >= 11 is 0. The van der Waals surface area contributed by atoms with Crippen LogP contribution in [0, 0.1) is 107 Å². The molecule has 0 aromatic heterocycles. The van der Waals surface area contributed by atoms with E-state index in [0.29, 0.717) is 58.7 Å². The van der Waals surface area contributed by atoms with Crippen molar-refractivity contribution in [2.75, 3.05) is 52.4 Å². The average molecular weight is 805 g/mol. The number of carbonyl (C=O) groups excluding carboxylic acids is 5. The minimum Gasteiger partial charge on any atom is -0.450 e. The Morgan fingerprint density at radius 1 is 0.525 bits per heavy atom. The molecule has 0 aromatic carbocycles. The molecule has 5 N–H and O–H groups in total. The smallest absolute Gasteiger partial charge is 0.421 e. The zero-order chi connectivity index (χ0) is 43.3. The van der Waals surface area contributed by atoms with Gasteiger partial charge in [0.15, 0.2) is 0 Å². The van der Waals surface area contributed by atoms with Gasteiger partial charge in [-0.2, -0.15) is 5.48 Å². The summed E-state index contributed by atoms with van der Waals surface area (Å²) in [4.78, 5) is 66.4. The molecule has 59 heavy (non-hydrogen) atoms. The van der Waals surface area contributed by atoms with Gasteiger partial charge < -0.3 is 40.5 Å². The summed E-state index contributed by atoms with van der Waals surface area (Å²) in [7, 11) is 0. The number of nitrogens with one attached hydrogen (secondary N) is 5. The van der Waals surface area contributed by atoms with Crippen molar-refractivity contribution in [3.8, 4) is 107 Å². The van der Waals surface area contributed by atoms with Gasteiger partial charge >= 0.3 is 24.2 Å². The van der Waals surface area contributed by atoms with Gasteiger partial charge in [-0.15, -0.1) is 6.42 Å². The molecule has 0 heterocycles. The number of nitrogens with zero attached hydrogens (tertiary/aromatic N) is 1. The first-order valence-electron chi connectivity index (χ1n) is 19.4. The van der Waals surface area contributed by atoms with Crippen LogP contribution in [0.3, 0.4) is 0 Å². The van der Waals surface area contributed by atoms with E-state index in [4.69, 9.17) is 20.7 Å². The Morgan fingerprint density at radius 3 is 1.51 bits per heavy atom. The van der Waals surface area contributed by atoms with Crippen LogP contribution in [0.4, 0.5) is 14.4 Å². The third-order valence-electron chi connectivity index (χ3n) is 7.06. The van der Waals surface area contributed by atoms with Crippen molar-refractivity contribution >= 4 is 30.1 Å². The molecule has 0 spiro atoms. The second-order valence-electron chi connectivity index (χ2n) is 11.7. The molecular weight excluding hydrogens is 753 g/mol. The predicted molar refractivity (Wildman–Crippen MR) is 224 cm³/mol. The van der Waals surface area contributed by atoms with Crippen LogP contribution in [-0.2, 0) is 23.9 Å². The Labute approximate surface area is 349 Å². The monoisotopic (exact) mass is 804 g/mol. The number of alkyl carbamates (subject to hydrolysis) is 2. The molecule has 14 nitrogen and oxygen atoms in total. The number of hydrogen-bond donors (Lipinski definition) is 5. The Morgan fingerprint density at radius 2 is 0.983 bits per heavy atom. The summed E-state index contributed by atoms with van der Waals surface area (Å²) in [6.45, 7) is 6.45. The molecule has 0 bridgehead atoms. The lowest BCUT2D eigenvalue weighted by Crippen LogP contribution is -2.46. The van der Waals surface area contributed by atoms with Crippen molar-refractivity contribution in [2.24, 2.45) is 0 Å². The molecule has 310 valence electrons. The number of hydroxylamine groups is 1. The third kappa shape index (κ3) is 37.5. The van der Waals surface area contributed by atoms with Crippen LogP contribution in [0.5, 0.6) is 0 Å². The summed E-state index contributed by atoms with van der Waals surface area (Å²) in [5.74, 6) is 38.1. The van der Waals surface area contributed by atoms with Gasteiger partial charge in [0.05, 0.1) is 6.61 Å². The minimum atomic E-state index is -0.697. The molecular formula is C45H52N6O8. The molecule has 14 heteroatoms. The molecule has 0 aliphatic heterocycles. The normalized spacial score (nSPS) is 8.49. The second kappa shape index (κ2) is 40.4. The number of urea groups is 1. The maximum atomic E-state index is 13.0. The van der Waals surface area contributed by atoms with Crippen molar-refractivity contribution in [3.05, 3.63) is 0 Å². The van der Waals surface area contributed by atoms with E-state index in [1.165, 1.54) is 4.90 Å². The number of unbranched alkanes of at least 4 members (excludes halogenated alkanes) is 8. The molecule has 0 saturated heterocycles. The molecule has 0 unspecified atom stereocenters. The highest BCUT2D eigenvalue weighted by molar-refractivity contribution is 5.84. The highest BCUT2D eigenvalue weighted by atomic mass is 16.7. The molecule has 0 aliphatic carbocycles. The van der Waals surface area contributed by atoms with Crippen molar-refractivity contribution in [1.29, 1.82) is 0 Å². The van der Waals surface area contributed by atoms with Crippen LogP contribution in [0.1, 0.15) is 90.9 Å². The maximum Gasteiger partial charge on any atom is 0.421 e. The summed E-state index contributed by atoms with van der Waals surface area (Å²) in [6, 6.07) is -0.320. The Balaban J connectivity index is 4.44. The molecule has 0 atom stereocenters. The van der Waals surface area contributed by atoms with E-state index in [9.17, 15) is 24.0 Å². The van der Waals surface area contributed by atoms with Gasteiger partial charge in [-0.25, -0.2) is 14.4 Å². The highest BCUT2D eigenvalue weighted by Gasteiger charge is 2.16. The number of hydrogen-bond acceptors (Lipinski definition) is 9. The summed E-state index contributed by atoms with van der Waals surface area (Å²) in [6.07, 6.45) is 14.9.